The number of hydrogen-bond donors (Lipinski definition) is 0. The summed E-state index contributed by atoms with van der Waals surface area (Å²) in [6, 6.07) is 33.3. The predicted octanol–water partition coefficient (Wildman–Crippen LogP) is 6.80. The van der Waals surface area contributed by atoms with Gasteiger partial charge >= 0.3 is 0 Å². The minimum Gasteiger partial charge on any atom is -0.0843 e. The molecular formula is C27H19Cl. The van der Waals surface area contributed by atoms with Crippen LogP contribution in [0.5, 0.6) is 0 Å². The van der Waals surface area contributed by atoms with Gasteiger partial charge in [-0.05, 0) is 69.5 Å². The van der Waals surface area contributed by atoms with Crippen molar-refractivity contribution in [3.8, 4) is 11.1 Å². The van der Waals surface area contributed by atoms with Crippen LogP contribution in [0.3, 0.4) is 0 Å². The van der Waals surface area contributed by atoms with Crippen molar-refractivity contribution in [3.63, 3.8) is 0 Å². The third-order valence-corrected chi connectivity index (χ3v) is 6.75. The maximum absolute atomic E-state index is 6.45. The molecule has 0 heterocycles. The van der Waals surface area contributed by atoms with Gasteiger partial charge in [0, 0.05) is 5.02 Å². The molecule has 28 heavy (non-hydrogen) atoms. The molecule has 0 aliphatic heterocycles. The molecule has 0 radical (unpaired) electrons. The van der Waals surface area contributed by atoms with E-state index in [-0.39, 0.29) is 5.41 Å². The molecule has 4 aromatic carbocycles. The van der Waals surface area contributed by atoms with E-state index in [2.05, 4.69) is 84.9 Å². The quantitative estimate of drug-likeness (QED) is 0.278. The first kappa shape index (κ1) is 16.2. The second kappa shape index (κ2) is 5.83. The van der Waals surface area contributed by atoms with Crippen LogP contribution in [-0.4, -0.2) is 0 Å². The molecule has 0 bridgehead atoms. The van der Waals surface area contributed by atoms with Crippen LogP contribution in [0, 0.1) is 0 Å². The Hall–Kier alpha value is -2.83. The highest BCUT2D eigenvalue weighted by atomic mass is 35.5. The average molecular weight is 379 g/mol. The summed E-state index contributed by atoms with van der Waals surface area (Å²) in [5.41, 5.74) is 10.7. The Morgan fingerprint density at radius 3 is 1.75 bits per heavy atom. The smallest absolute Gasteiger partial charge is 0.0718 e. The van der Waals surface area contributed by atoms with Crippen molar-refractivity contribution in [2.45, 2.75) is 18.3 Å². The second-order valence-corrected chi connectivity index (χ2v) is 8.24. The lowest BCUT2D eigenvalue weighted by atomic mass is 9.66. The van der Waals surface area contributed by atoms with Gasteiger partial charge in [0.05, 0.1) is 5.41 Å². The molecule has 4 aromatic rings. The zero-order chi connectivity index (χ0) is 18.7. The minimum absolute atomic E-state index is 0.278. The lowest BCUT2D eigenvalue weighted by molar-refractivity contribution is 0.762. The molecule has 0 saturated heterocycles. The molecule has 1 spiro atoms. The molecule has 0 unspecified atom stereocenters. The van der Waals surface area contributed by atoms with Crippen molar-refractivity contribution in [1.82, 2.24) is 0 Å². The van der Waals surface area contributed by atoms with Crippen molar-refractivity contribution in [3.05, 3.63) is 129 Å². The molecule has 0 aromatic heterocycles. The molecule has 0 saturated carbocycles. The van der Waals surface area contributed by atoms with Crippen LogP contribution in [0.1, 0.15) is 33.4 Å². The number of hydrogen-bond acceptors (Lipinski definition) is 0. The van der Waals surface area contributed by atoms with Crippen LogP contribution in [0.2, 0.25) is 5.02 Å². The third-order valence-electron chi connectivity index (χ3n) is 6.51. The average Bonchev–Trinajstić information content (AvgIpc) is 2.93. The Morgan fingerprint density at radius 2 is 1.07 bits per heavy atom. The van der Waals surface area contributed by atoms with E-state index in [0.717, 1.165) is 17.9 Å². The van der Waals surface area contributed by atoms with E-state index < -0.39 is 0 Å². The van der Waals surface area contributed by atoms with E-state index in [0.29, 0.717) is 0 Å². The number of fused-ring (bicyclic) bond motifs is 9. The Bertz CT molecular complexity index is 1190. The number of halogens is 1. The molecule has 0 amide bonds. The summed E-state index contributed by atoms with van der Waals surface area (Å²) in [7, 11) is 0. The van der Waals surface area contributed by atoms with Gasteiger partial charge in [0.25, 0.3) is 0 Å². The molecule has 2 aliphatic carbocycles. The van der Waals surface area contributed by atoms with E-state index in [4.69, 9.17) is 11.6 Å². The topological polar surface area (TPSA) is 0 Å². The fourth-order valence-corrected chi connectivity index (χ4v) is 5.63. The van der Waals surface area contributed by atoms with Crippen molar-refractivity contribution in [2.75, 3.05) is 0 Å². The molecule has 0 nitrogen and oxygen atoms in total. The summed E-state index contributed by atoms with van der Waals surface area (Å²) >= 11 is 6.45. The van der Waals surface area contributed by atoms with E-state index in [1.54, 1.807) is 0 Å². The zero-order valence-corrected chi connectivity index (χ0v) is 16.2. The van der Waals surface area contributed by atoms with Crippen molar-refractivity contribution >= 4 is 11.6 Å². The normalized spacial score (nSPS) is 15.3. The number of aryl methyl sites for hydroxylation is 2. The van der Waals surface area contributed by atoms with Gasteiger partial charge in [-0.15, -0.1) is 0 Å². The highest BCUT2D eigenvalue weighted by molar-refractivity contribution is 6.31. The van der Waals surface area contributed by atoms with E-state index >= 15 is 0 Å². The van der Waals surface area contributed by atoms with Gasteiger partial charge in [0.1, 0.15) is 0 Å². The van der Waals surface area contributed by atoms with Gasteiger partial charge in [-0.2, -0.15) is 0 Å². The number of benzene rings is 4. The first-order valence-electron chi connectivity index (χ1n) is 9.87. The van der Waals surface area contributed by atoms with Crippen LogP contribution in [0.4, 0.5) is 0 Å². The van der Waals surface area contributed by atoms with Crippen LogP contribution < -0.4 is 0 Å². The summed E-state index contributed by atoms with van der Waals surface area (Å²) < 4.78 is 0. The zero-order valence-electron chi connectivity index (χ0n) is 15.5. The van der Waals surface area contributed by atoms with Gasteiger partial charge in [0.15, 0.2) is 0 Å². The van der Waals surface area contributed by atoms with Crippen molar-refractivity contribution < 1.29 is 0 Å². The van der Waals surface area contributed by atoms with Crippen molar-refractivity contribution in [1.29, 1.82) is 0 Å². The van der Waals surface area contributed by atoms with Gasteiger partial charge in [-0.25, -0.2) is 0 Å². The summed E-state index contributed by atoms with van der Waals surface area (Å²) in [6.07, 6.45) is 2.14. The van der Waals surface area contributed by atoms with Crippen LogP contribution in [0.25, 0.3) is 11.1 Å². The molecule has 0 atom stereocenters. The molecule has 134 valence electrons. The summed E-state index contributed by atoms with van der Waals surface area (Å²) in [4.78, 5) is 0. The monoisotopic (exact) mass is 378 g/mol. The molecule has 1 heteroatoms. The molecule has 0 fully saturated rings. The SMILES string of the molecule is Clc1ccc2c(c1)-c1ccccc1C21c2ccccc2CCc2ccccc21. The third kappa shape index (κ3) is 1.96. The lowest BCUT2D eigenvalue weighted by Gasteiger charge is -2.35. The molecule has 6 rings (SSSR count). The Kier molecular flexibility index (Phi) is 3.36. The molecule has 2 aliphatic rings. The van der Waals surface area contributed by atoms with Gasteiger partial charge in [-0.1, -0.05) is 90.5 Å². The van der Waals surface area contributed by atoms with Gasteiger partial charge in [-0.3, -0.25) is 0 Å². The highest BCUT2D eigenvalue weighted by Gasteiger charge is 2.48. The first-order chi connectivity index (χ1) is 13.8. The molecule has 0 N–H and O–H groups in total. The number of rotatable bonds is 0. The van der Waals surface area contributed by atoms with Crippen LogP contribution >= 0.6 is 11.6 Å². The Morgan fingerprint density at radius 1 is 0.536 bits per heavy atom. The largest absolute Gasteiger partial charge is 0.0843 e. The Balaban J connectivity index is 1.86. The maximum atomic E-state index is 6.45. The van der Waals surface area contributed by atoms with Crippen LogP contribution in [0.15, 0.2) is 91.0 Å². The first-order valence-corrected chi connectivity index (χ1v) is 10.2. The second-order valence-electron chi connectivity index (χ2n) is 7.80. The fourth-order valence-electron chi connectivity index (χ4n) is 5.46. The standard InChI is InChI=1S/C27H19Cl/c28-20-15-16-26-22(17-20)21-9-3-6-12-25(21)27(26)23-10-4-1-7-18(23)13-14-19-8-2-5-11-24(19)27/h1-12,15-17H,13-14H2. The maximum Gasteiger partial charge on any atom is 0.0718 e. The molecular weight excluding hydrogens is 360 g/mol. The summed E-state index contributed by atoms with van der Waals surface area (Å²) in [5, 5.41) is 0.792. The van der Waals surface area contributed by atoms with E-state index in [1.165, 1.54) is 44.5 Å². The van der Waals surface area contributed by atoms with E-state index in [1.807, 2.05) is 6.07 Å². The predicted molar refractivity (Wildman–Crippen MR) is 116 cm³/mol. The lowest BCUT2D eigenvalue weighted by Crippen LogP contribution is -2.29. The van der Waals surface area contributed by atoms with Crippen LogP contribution in [-0.2, 0) is 18.3 Å². The van der Waals surface area contributed by atoms with Crippen molar-refractivity contribution in [2.24, 2.45) is 0 Å². The fraction of sp³-hybridized carbons (Fsp3) is 0.111. The van der Waals surface area contributed by atoms with Gasteiger partial charge in [0.2, 0.25) is 0 Å². The minimum atomic E-state index is -0.278. The van der Waals surface area contributed by atoms with Gasteiger partial charge < -0.3 is 0 Å². The summed E-state index contributed by atoms with van der Waals surface area (Å²) in [6.45, 7) is 0. The summed E-state index contributed by atoms with van der Waals surface area (Å²) in [5.74, 6) is 0. The Labute approximate surface area is 170 Å². The highest BCUT2D eigenvalue weighted by Crippen LogP contribution is 2.58. The van der Waals surface area contributed by atoms with E-state index in [9.17, 15) is 0 Å².